The van der Waals surface area contributed by atoms with Crippen LogP contribution in [0.4, 0.5) is 8.78 Å². The molecule has 310 valence electrons. The number of aromatic nitrogens is 2. The summed E-state index contributed by atoms with van der Waals surface area (Å²) in [6, 6.07) is 76.4. The fourth-order valence-electron chi connectivity index (χ4n) is 9.82. The van der Waals surface area contributed by atoms with Crippen molar-refractivity contribution in [3.8, 4) is 73.1 Å². The van der Waals surface area contributed by atoms with Crippen LogP contribution in [0.5, 0.6) is 0 Å². The first kappa shape index (κ1) is 38.8. The fraction of sp³-hybridized carbons (Fsp3) is 0. The zero-order valence-corrected chi connectivity index (χ0v) is 35.5. The highest BCUT2D eigenvalue weighted by Gasteiger charge is 2.27. The molecule has 0 amide bonds. The minimum Gasteiger partial charge on any atom is -0.308 e. The molecule has 0 spiro atoms. The maximum atomic E-state index is 16.9. The molecule has 0 aliphatic carbocycles. The highest BCUT2D eigenvalue weighted by molar-refractivity contribution is 6.14. The van der Waals surface area contributed by atoms with Gasteiger partial charge >= 0.3 is 0 Å². The lowest BCUT2D eigenvalue weighted by Crippen LogP contribution is -2.07. The zero-order valence-electron chi connectivity index (χ0n) is 35.5. The van der Waals surface area contributed by atoms with Gasteiger partial charge in [-0.25, -0.2) is 8.78 Å². The summed E-state index contributed by atoms with van der Waals surface area (Å²) in [5.74, 6) is -1.42. The molecule has 2 heterocycles. The first-order valence-corrected chi connectivity index (χ1v) is 21.9. The van der Waals surface area contributed by atoms with Crippen molar-refractivity contribution in [1.82, 2.24) is 9.13 Å². The molecular formula is C61H37F2N3. The lowest BCUT2D eigenvalue weighted by atomic mass is 9.96. The van der Waals surface area contributed by atoms with Crippen LogP contribution in [0, 0.1) is 23.0 Å². The minimum atomic E-state index is -0.712. The maximum absolute atomic E-state index is 16.9. The van der Waals surface area contributed by atoms with Crippen molar-refractivity contribution in [3.05, 3.63) is 242 Å². The largest absolute Gasteiger partial charge is 0.308 e. The highest BCUT2D eigenvalue weighted by Crippen LogP contribution is 2.46. The van der Waals surface area contributed by atoms with Crippen LogP contribution in [0.25, 0.3) is 111 Å². The molecule has 5 heteroatoms. The van der Waals surface area contributed by atoms with Crippen molar-refractivity contribution < 1.29 is 8.78 Å². The van der Waals surface area contributed by atoms with E-state index >= 15 is 8.78 Å². The standard InChI is InChI=1S/C61H37F2N3/c62-52-22-13-23-53(63)60(52)61-58(65-54-30-26-44(40-14-5-1-6-15-40)34-50(54)48-28-24-46(36-56(48)65)42-18-9-3-10-19-42)32-39(38-64)33-59(61)66-55-31-27-45(41-16-7-2-8-17-41)35-51(55)49-29-25-47(37-57(49)66)43-20-11-4-12-21-43/h1-37H. The molecule has 0 bridgehead atoms. The van der Waals surface area contributed by atoms with E-state index in [0.717, 1.165) is 88.1 Å². The summed E-state index contributed by atoms with van der Waals surface area (Å²) in [4.78, 5) is 0. The monoisotopic (exact) mass is 849 g/mol. The number of nitriles is 1. The van der Waals surface area contributed by atoms with Crippen molar-refractivity contribution in [2.45, 2.75) is 0 Å². The van der Waals surface area contributed by atoms with Crippen molar-refractivity contribution in [1.29, 1.82) is 5.26 Å². The van der Waals surface area contributed by atoms with Gasteiger partial charge in [-0.3, -0.25) is 0 Å². The summed E-state index contributed by atoms with van der Waals surface area (Å²) in [7, 11) is 0. The molecule has 0 aliphatic heterocycles. The van der Waals surface area contributed by atoms with Crippen molar-refractivity contribution >= 4 is 43.6 Å². The Morgan fingerprint density at radius 3 is 1.05 bits per heavy atom. The van der Waals surface area contributed by atoms with Gasteiger partial charge in [0.2, 0.25) is 0 Å². The molecule has 0 unspecified atom stereocenters. The molecule has 0 radical (unpaired) electrons. The van der Waals surface area contributed by atoms with E-state index in [1.54, 1.807) is 12.1 Å². The summed E-state index contributed by atoms with van der Waals surface area (Å²) in [6.07, 6.45) is 0. The van der Waals surface area contributed by atoms with Gasteiger partial charge < -0.3 is 9.13 Å². The van der Waals surface area contributed by atoms with Crippen LogP contribution in [-0.2, 0) is 0 Å². The van der Waals surface area contributed by atoms with Gasteiger partial charge in [-0.1, -0.05) is 164 Å². The normalized spacial score (nSPS) is 11.5. The van der Waals surface area contributed by atoms with Crippen LogP contribution in [0.15, 0.2) is 224 Å². The zero-order chi connectivity index (χ0) is 44.3. The molecule has 10 aromatic carbocycles. The van der Waals surface area contributed by atoms with E-state index in [2.05, 4.69) is 137 Å². The van der Waals surface area contributed by atoms with Crippen LogP contribution in [-0.4, -0.2) is 9.13 Å². The fourth-order valence-corrected chi connectivity index (χ4v) is 9.82. The summed E-state index contributed by atoms with van der Waals surface area (Å²) in [5.41, 5.74) is 13.0. The molecule has 0 N–H and O–H groups in total. The first-order chi connectivity index (χ1) is 32.5. The molecule has 12 rings (SSSR count). The third-order valence-electron chi connectivity index (χ3n) is 12.9. The summed E-state index contributed by atoms with van der Waals surface area (Å²) in [6.45, 7) is 0. The van der Waals surface area contributed by atoms with Gasteiger partial charge in [0.15, 0.2) is 0 Å². The third-order valence-corrected chi connectivity index (χ3v) is 12.9. The third kappa shape index (κ3) is 6.38. The van der Waals surface area contributed by atoms with Gasteiger partial charge in [-0.15, -0.1) is 0 Å². The lowest BCUT2D eigenvalue weighted by molar-refractivity contribution is 0.589. The Morgan fingerprint density at radius 2 is 0.667 bits per heavy atom. The van der Waals surface area contributed by atoms with Gasteiger partial charge in [-0.2, -0.15) is 5.26 Å². The van der Waals surface area contributed by atoms with Crippen molar-refractivity contribution in [2.24, 2.45) is 0 Å². The van der Waals surface area contributed by atoms with E-state index < -0.39 is 11.6 Å². The van der Waals surface area contributed by atoms with Crippen LogP contribution in [0.3, 0.4) is 0 Å². The molecule has 0 saturated carbocycles. The number of hydrogen-bond donors (Lipinski definition) is 0. The molecular weight excluding hydrogens is 813 g/mol. The van der Waals surface area contributed by atoms with E-state index in [1.165, 1.54) is 18.2 Å². The topological polar surface area (TPSA) is 33.6 Å². The second-order valence-electron chi connectivity index (χ2n) is 16.7. The van der Waals surface area contributed by atoms with Crippen LogP contribution < -0.4 is 0 Å². The SMILES string of the molecule is N#Cc1cc(-n2c3ccc(-c4ccccc4)cc3c3ccc(-c4ccccc4)cc32)c(-c2c(F)cccc2F)c(-n2c3ccc(-c4ccccc4)cc3c3ccc(-c4ccccc4)cc32)c1. The highest BCUT2D eigenvalue weighted by atomic mass is 19.1. The van der Waals surface area contributed by atoms with Gasteiger partial charge in [0, 0.05) is 27.1 Å². The molecule has 0 atom stereocenters. The Bertz CT molecular complexity index is 3640. The average molecular weight is 850 g/mol. The number of nitrogens with zero attached hydrogens (tertiary/aromatic N) is 3. The average Bonchev–Trinajstić information content (AvgIpc) is 3.88. The van der Waals surface area contributed by atoms with E-state index in [-0.39, 0.29) is 5.56 Å². The number of halogens is 2. The van der Waals surface area contributed by atoms with Crippen molar-refractivity contribution in [3.63, 3.8) is 0 Å². The van der Waals surface area contributed by atoms with Crippen LogP contribution in [0.1, 0.15) is 5.56 Å². The summed E-state index contributed by atoms with van der Waals surface area (Å²) in [5, 5.41) is 14.9. The number of hydrogen-bond acceptors (Lipinski definition) is 1. The predicted octanol–water partition coefficient (Wildman–Crippen LogP) is 16.4. The lowest BCUT2D eigenvalue weighted by Gasteiger charge is -2.22. The Labute approximate surface area is 379 Å². The Kier molecular flexibility index (Phi) is 9.25. The first-order valence-electron chi connectivity index (χ1n) is 21.9. The number of benzene rings is 10. The Hall–Kier alpha value is -8.85. The molecule has 12 aromatic rings. The molecule has 0 fully saturated rings. The second-order valence-corrected chi connectivity index (χ2v) is 16.7. The smallest absolute Gasteiger partial charge is 0.134 e. The molecule has 3 nitrogen and oxygen atoms in total. The van der Waals surface area contributed by atoms with Gasteiger partial charge in [0.1, 0.15) is 11.6 Å². The van der Waals surface area contributed by atoms with Gasteiger partial charge in [0.25, 0.3) is 0 Å². The van der Waals surface area contributed by atoms with Crippen LogP contribution in [0.2, 0.25) is 0 Å². The predicted molar refractivity (Wildman–Crippen MR) is 267 cm³/mol. The second kappa shape index (κ2) is 15.7. The molecule has 2 aromatic heterocycles. The summed E-state index contributed by atoms with van der Waals surface area (Å²) < 4.78 is 38.1. The number of rotatable bonds is 7. The van der Waals surface area contributed by atoms with E-state index in [9.17, 15) is 5.26 Å². The number of fused-ring (bicyclic) bond motifs is 6. The minimum absolute atomic E-state index is 0.183. The molecule has 0 saturated heterocycles. The van der Waals surface area contributed by atoms with Gasteiger partial charge in [-0.05, 0) is 105 Å². The van der Waals surface area contributed by atoms with E-state index in [0.29, 0.717) is 22.5 Å². The summed E-state index contributed by atoms with van der Waals surface area (Å²) >= 11 is 0. The Morgan fingerprint density at radius 1 is 0.303 bits per heavy atom. The van der Waals surface area contributed by atoms with E-state index in [4.69, 9.17) is 0 Å². The Balaban J connectivity index is 1.24. The van der Waals surface area contributed by atoms with E-state index in [1.807, 2.05) is 72.8 Å². The quantitative estimate of drug-likeness (QED) is 0.157. The van der Waals surface area contributed by atoms with Crippen molar-refractivity contribution in [2.75, 3.05) is 0 Å². The maximum Gasteiger partial charge on any atom is 0.134 e. The van der Waals surface area contributed by atoms with Crippen LogP contribution >= 0.6 is 0 Å². The molecule has 66 heavy (non-hydrogen) atoms. The van der Waals surface area contributed by atoms with Gasteiger partial charge in [0.05, 0.1) is 50.6 Å². The molecule has 0 aliphatic rings.